The van der Waals surface area contributed by atoms with Gasteiger partial charge in [0.15, 0.2) is 0 Å². The first-order valence-electron chi connectivity index (χ1n) is 8.97. The molecule has 3 heterocycles. The van der Waals surface area contributed by atoms with Crippen molar-refractivity contribution in [2.45, 2.75) is 13.3 Å². The molecule has 0 bridgehead atoms. The van der Waals surface area contributed by atoms with Crippen molar-refractivity contribution in [3.05, 3.63) is 44.8 Å². The average Bonchev–Trinajstić information content (AvgIpc) is 3.41. The van der Waals surface area contributed by atoms with E-state index >= 15 is 0 Å². The van der Waals surface area contributed by atoms with Crippen molar-refractivity contribution >= 4 is 46.3 Å². The van der Waals surface area contributed by atoms with Crippen LogP contribution in [0.3, 0.4) is 0 Å². The minimum absolute atomic E-state index is 0.227. The summed E-state index contributed by atoms with van der Waals surface area (Å²) >= 11 is 2.82. The van der Waals surface area contributed by atoms with E-state index in [1.165, 1.54) is 22.7 Å². The second-order valence-corrected chi connectivity index (χ2v) is 8.06. The Labute approximate surface area is 171 Å². The van der Waals surface area contributed by atoms with E-state index in [9.17, 15) is 14.4 Å². The van der Waals surface area contributed by atoms with E-state index in [1.54, 1.807) is 34.2 Å². The molecule has 2 aromatic heterocycles. The summed E-state index contributed by atoms with van der Waals surface area (Å²) in [7, 11) is 0. The zero-order valence-electron chi connectivity index (χ0n) is 15.5. The van der Waals surface area contributed by atoms with Gasteiger partial charge >= 0.3 is 6.09 Å². The van der Waals surface area contributed by atoms with Gasteiger partial charge in [-0.15, -0.1) is 22.7 Å². The zero-order chi connectivity index (χ0) is 19.9. The van der Waals surface area contributed by atoms with Crippen molar-refractivity contribution in [1.82, 2.24) is 9.80 Å². The summed E-state index contributed by atoms with van der Waals surface area (Å²) in [6, 6.07) is 7.30. The molecule has 0 aliphatic carbocycles. The monoisotopic (exact) mass is 419 g/mol. The lowest BCUT2D eigenvalue weighted by molar-refractivity contribution is -0.125. The Balaban J connectivity index is 1.72. The molecule has 0 unspecified atom stereocenters. The SMILES string of the molecule is CCOC(=O)N1CCN(C(=O)C(Cc2cccs2)=NC(=O)c2cccs2)CC1. The molecule has 7 nitrogen and oxygen atoms in total. The van der Waals surface area contributed by atoms with Gasteiger partial charge in [0.25, 0.3) is 11.8 Å². The summed E-state index contributed by atoms with van der Waals surface area (Å²) in [5.41, 5.74) is 0.227. The van der Waals surface area contributed by atoms with E-state index in [-0.39, 0.29) is 17.7 Å². The molecule has 0 N–H and O–H groups in total. The van der Waals surface area contributed by atoms with Crippen LogP contribution in [0.2, 0.25) is 0 Å². The van der Waals surface area contributed by atoms with Gasteiger partial charge in [-0.05, 0) is 29.8 Å². The summed E-state index contributed by atoms with van der Waals surface area (Å²) in [4.78, 5) is 46.2. The maximum Gasteiger partial charge on any atom is 0.409 e. The van der Waals surface area contributed by atoms with Crippen LogP contribution in [0.15, 0.2) is 40.0 Å². The smallest absolute Gasteiger partial charge is 0.409 e. The molecule has 0 atom stereocenters. The average molecular weight is 420 g/mol. The predicted molar refractivity (Wildman–Crippen MR) is 109 cm³/mol. The Morgan fingerprint density at radius 3 is 2.32 bits per heavy atom. The first kappa shape index (κ1) is 20.2. The van der Waals surface area contributed by atoms with Crippen LogP contribution >= 0.6 is 22.7 Å². The number of piperazine rings is 1. The van der Waals surface area contributed by atoms with Crippen molar-refractivity contribution < 1.29 is 19.1 Å². The van der Waals surface area contributed by atoms with Crippen LogP contribution in [0.5, 0.6) is 0 Å². The summed E-state index contributed by atoms with van der Waals surface area (Å²) in [5, 5.41) is 3.73. The molecular weight excluding hydrogens is 398 g/mol. The number of ether oxygens (including phenoxy) is 1. The number of hydrogen-bond acceptors (Lipinski definition) is 6. The zero-order valence-corrected chi connectivity index (χ0v) is 17.1. The first-order chi connectivity index (χ1) is 13.6. The Kier molecular flexibility index (Phi) is 6.94. The van der Waals surface area contributed by atoms with Crippen LogP contribution in [0.1, 0.15) is 21.5 Å². The van der Waals surface area contributed by atoms with Crippen LogP contribution in [0, 0.1) is 0 Å². The summed E-state index contributed by atoms with van der Waals surface area (Å²) < 4.78 is 5.01. The van der Waals surface area contributed by atoms with E-state index in [1.807, 2.05) is 17.5 Å². The highest BCUT2D eigenvalue weighted by Gasteiger charge is 2.28. The number of rotatable bonds is 5. The molecule has 0 spiro atoms. The van der Waals surface area contributed by atoms with E-state index in [0.29, 0.717) is 44.1 Å². The van der Waals surface area contributed by atoms with Gasteiger partial charge in [0.2, 0.25) is 0 Å². The van der Waals surface area contributed by atoms with Gasteiger partial charge in [0.1, 0.15) is 5.71 Å². The predicted octanol–water partition coefficient (Wildman–Crippen LogP) is 2.93. The second kappa shape index (κ2) is 9.61. The third-order valence-corrected chi connectivity index (χ3v) is 5.96. The molecule has 2 aromatic rings. The Morgan fingerprint density at radius 2 is 1.71 bits per heavy atom. The highest BCUT2D eigenvalue weighted by atomic mass is 32.1. The molecule has 1 fully saturated rings. The maximum absolute atomic E-state index is 13.0. The van der Waals surface area contributed by atoms with E-state index in [0.717, 1.165) is 4.88 Å². The minimum atomic E-state index is -0.403. The highest BCUT2D eigenvalue weighted by Crippen LogP contribution is 2.15. The molecule has 1 saturated heterocycles. The van der Waals surface area contributed by atoms with Crippen LogP contribution in [0.4, 0.5) is 4.79 Å². The maximum atomic E-state index is 13.0. The molecule has 0 radical (unpaired) electrons. The first-order valence-corrected chi connectivity index (χ1v) is 10.7. The Hall–Kier alpha value is -2.52. The number of hydrogen-bond donors (Lipinski definition) is 0. The largest absolute Gasteiger partial charge is 0.450 e. The van der Waals surface area contributed by atoms with E-state index in [4.69, 9.17) is 4.74 Å². The van der Waals surface area contributed by atoms with Gasteiger partial charge in [-0.2, -0.15) is 0 Å². The molecule has 0 aromatic carbocycles. The fourth-order valence-electron chi connectivity index (χ4n) is 2.81. The number of thiophene rings is 2. The van der Waals surface area contributed by atoms with Crippen molar-refractivity contribution in [2.75, 3.05) is 32.8 Å². The molecule has 0 saturated carbocycles. The number of nitrogens with zero attached hydrogens (tertiary/aromatic N) is 3. The highest BCUT2D eigenvalue weighted by molar-refractivity contribution is 7.12. The van der Waals surface area contributed by atoms with Crippen molar-refractivity contribution in [1.29, 1.82) is 0 Å². The van der Waals surface area contributed by atoms with E-state index in [2.05, 4.69) is 4.99 Å². The van der Waals surface area contributed by atoms with Gasteiger partial charge in [0, 0.05) is 37.5 Å². The molecular formula is C19H21N3O4S2. The summed E-state index contributed by atoms with van der Waals surface area (Å²) in [5.74, 6) is -0.665. The third-order valence-electron chi connectivity index (χ3n) is 4.23. The molecule has 148 valence electrons. The minimum Gasteiger partial charge on any atom is -0.450 e. The van der Waals surface area contributed by atoms with Gasteiger partial charge in [0.05, 0.1) is 11.5 Å². The quantitative estimate of drug-likeness (QED) is 0.698. The molecule has 1 aliphatic heterocycles. The molecule has 1 aliphatic rings. The van der Waals surface area contributed by atoms with Crippen molar-refractivity contribution in [2.24, 2.45) is 4.99 Å². The van der Waals surface area contributed by atoms with E-state index < -0.39 is 5.91 Å². The number of aliphatic imine (C=N–C) groups is 1. The van der Waals surface area contributed by atoms with Crippen LogP contribution in [0.25, 0.3) is 0 Å². The number of carbonyl (C=O) groups is 3. The second-order valence-electron chi connectivity index (χ2n) is 6.08. The summed E-state index contributed by atoms with van der Waals surface area (Å²) in [6.07, 6.45) is -0.0546. The summed E-state index contributed by atoms with van der Waals surface area (Å²) in [6.45, 7) is 3.64. The van der Waals surface area contributed by atoms with Gasteiger partial charge in [-0.25, -0.2) is 9.79 Å². The molecule has 28 heavy (non-hydrogen) atoms. The number of carbonyl (C=O) groups excluding carboxylic acids is 3. The lowest BCUT2D eigenvalue weighted by atomic mass is 10.2. The topological polar surface area (TPSA) is 79.3 Å². The lowest BCUT2D eigenvalue weighted by Gasteiger charge is -2.34. The molecule has 9 heteroatoms. The standard InChI is InChI=1S/C19H21N3O4S2/c1-2-26-19(25)22-9-7-21(8-10-22)18(24)15(13-14-5-3-11-27-14)20-17(23)16-6-4-12-28-16/h3-6,11-12H,2,7-10,13H2,1H3. The molecule has 3 rings (SSSR count). The lowest BCUT2D eigenvalue weighted by Crippen LogP contribution is -2.52. The fraction of sp³-hybridized carbons (Fsp3) is 0.368. The third kappa shape index (κ3) is 5.05. The van der Waals surface area contributed by atoms with Crippen LogP contribution < -0.4 is 0 Å². The van der Waals surface area contributed by atoms with Crippen molar-refractivity contribution in [3.63, 3.8) is 0 Å². The van der Waals surface area contributed by atoms with Crippen LogP contribution in [-0.4, -0.2) is 66.2 Å². The normalized spacial score (nSPS) is 14.8. The van der Waals surface area contributed by atoms with Gasteiger partial charge in [-0.1, -0.05) is 12.1 Å². The number of amides is 3. The Morgan fingerprint density at radius 1 is 1.04 bits per heavy atom. The van der Waals surface area contributed by atoms with Gasteiger partial charge in [-0.3, -0.25) is 9.59 Å². The Bertz CT molecular complexity index is 839. The molecule has 3 amide bonds. The van der Waals surface area contributed by atoms with Gasteiger partial charge < -0.3 is 14.5 Å². The van der Waals surface area contributed by atoms with Crippen molar-refractivity contribution in [3.8, 4) is 0 Å². The van der Waals surface area contributed by atoms with Crippen LogP contribution in [-0.2, 0) is 16.0 Å². The fourth-order valence-corrected chi connectivity index (χ4v) is 4.12.